The monoisotopic (exact) mass is 383 g/mol. The van der Waals surface area contributed by atoms with Crippen LogP contribution in [0.4, 0.5) is 4.39 Å². The van der Waals surface area contributed by atoms with Crippen LogP contribution in [0.25, 0.3) is 0 Å². The Hall–Kier alpha value is -3.89. The Bertz CT molecular complexity index is 1110. The number of nitrogens with zero attached hydrogens (tertiary/aromatic N) is 1. The fourth-order valence-electron chi connectivity index (χ4n) is 2.69. The van der Waals surface area contributed by atoms with Crippen molar-refractivity contribution < 1.29 is 13.9 Å². The van der Waals surface area contributed by atoms with E-state index in [1.807, 2.05) is 12.1 Å². The van der Waals surface area contributed by atoms with E-state index in [1.54, 1.807) is 30.3 Å². The molecule has 3 rings (SSSR count). The maximum atomic E-state index is 13.6. The van der Waals surface area contributed by atoms with Crippen molar-refractivity contribution in [3.05, 3.63) is 100 Å². The Kier molecular flexibility index (Phi) is 6.40. The number of halogens is 1. The molecule has 0 aliphatic heterocycles. The minimum atomic E-state index is -0.730. The number of hydrogen-bond acceptors (Lipinski definition) is 3. The third kappa shape index (κ3) is 5.31. The fourth-order valence-corrected chi connectivity index (χ4v) is 2.69. The zero-order chi connectivity index (χ0) is 20.6. The molecule has 3 nitrogen and oxygen atoms in total. The first-order valence-electron chi connectivity index (χ1n) is 9.22. The number of nitriles is 1. The normalized spacial score (nSPS) is 9.83. The molecular formula is C25H18FNO2. The largest absolute Gasteiger partial charge is 0.423 e. The van der Waals surface area contributed by atoms with Crippen LogP contribution in [0.5, 0.6) is 5.75 Å². The SMILES string of the molecule is CCCc1ccc(C#Cc2ccc(C(=O)Oc3ccc(C#N)c(F)c3)cc2)cc1. The third-order valence-electron chi connectivity index (χ3n) is 4.24. The summed E-state index contributed by atoms with van der Waals surface area (Å²) in [5.74, 6) is 4.87. The molecule has 0 radical (unpaired) electrons. The number of esters is 1. The summed E-state index contributed by atoms with van der Waals surface area (Å²) in [5, 5.41) is 8.74. The summed E-state index contributed by atoms with van der Waals surface area (Å²) in [4.78, 5) is 12.2. The molecule has 4 heteroatoms. The molecule has 0 fully saturated rings. The lowest BCUT2D eigenvalue weighted by atomic mass is 10.1. The topological polar surface area (TPSA) is 50.1 Å². The minimum Gasteiger partial charge on any atom is -0.423 e. The van der Waals surface area contributed by atoms with E-state index in [-0.39, 0.29) is 11.3 Å². The maximum absolute atomic E-state index is 13.6. The van der Waals surface area contributed by atoms with Gasteiger partial charge in [-0.25, -0.2) is 9.18 Å². The Balaban J connectivity index is 1.66. The van der Waals surface area contributed by atoms with E-state index in [1.165, 1.54) is 17.7 Å². The van der Waals surface area contributed by atoms with Gasteiger partial charge in [-0.15, -0.1) is 0 Å². The number of carbonyl (C=O) groups is 1. The number of carbonyl (C=O) groups excluding carboxylic acids is 1. The van der Waals surface area contributed by atoms with E-state index in [2.05, 4.69) is 30.9 Å². The highest BCUT2D eigenvalue weighted by atomic mass is 19.1. The molecule has 142 valence electrons. The van der Waals surface area contributed by atoms with Crippen molar-refractivity contribution in [2.24, 2.45) is 0 Å². The van der Waals surface area contributed by atoms with E-state index < -0.39 is 11.8 Å². The third-order valence-corrected chi connectivity index (χ3v) is 4.24. The van der Waals surface area contributed by atoms with Gasteiger partial charge in [0.05, 0.1) is 11.1 Å². The molecule has 3 aromatic rings. The maximum Gasteiger partial charge on any atom is 0.343 e. The molecule has 0 atom stereocenters. The van der Waals surface area contributed by atoms with Gasteiger partial charge in [-0.05, 0) is 60.5 Å². The second-order valence-electron chi connectivity index (χ2n) is 6.42. The highest BCUT2D eigenvalue weighted by Gasteiger charge is 2.10. The zero-order valence-corrected chi connectivity index (χ0v) is 15.9. The summed E-state index contributed by atoms with van der Waals surface area (Å²) in [5.41, 5.74) is 3.21. The number of benzene rings is 3. The predicted octanol–water partition coefficient (Wildman–Crippen LogP) is 5.27. The van der Waals surface area contributed by atoms with Gasteiger partial charge >= 0.3 is 5.97 Å². The lowest BCUT2D eigenvalue weighted by molar-refractivity contribution is 0.0734. The zero-order valence-electron chi connectivity index (χ0n) is 15.9. The molecule has 0 saturated heterocycles. The summed E-state index contributed by atoms with van der Waals surface area (Å²) < 4.78 is 18.8. The Morgan fingerprint density at radius 3 is 2.14 bits per heavy atom. The van der Waals surface area contributed by atoms with Crippen molar-refractivity contribution in [2.45, 2.75) is 19.8 Å². The van der Waals surface area contributed by atoms with Gasteiger partial charge in [0.15, 0.2) is 0 Å². The van der Waals surface area contributed by atoms with Gasteiger partial charge in [-0.2, -0.15) is 5.26 Å². The quantitative estimate of drug-likeness (QED) is 0.350. The molecule has 0 aliphatic carbocycles. The van der Waals surface area contributed by atoms with Crippen LogP contribution in [0.15, 0.2) is 66.7 Å². The van der Waals surface area contributed by atoms with Crippen LogP contribution in [-0.4, -0.2) is 5.97 Å². The molecule has 0 unspecified atom stereocenters. The van der Waals surface area contributed by atoms with Crippen molar-refractivity contribution in [1.82, 2.24) is 0 Å². The van der Waals surface area contributed by atoms with Crippen molar-refractivity contribution in [3.63, 3.8) is 0 Å². The minimum absolute atomic E-state index is 0.0434. The van der Waals surface area contributed by atoms with Crippen LogP contribution in [0.2, 0.25) is 0 Å². The molecule has 29 heavy (non-hydrogen) atoms. The van der Waals surface area contributed by atoms with Gasteiger partial charge in [0.25, 0.3) is 0 Å². The Morgan fingerprint density at radius 1 is 0.966 bits per heavy atom. The van der Waals surface area contributed by atoms with Crippen LogP contribution in [0, 0.1) is 29.0 Å². The second kappa shape index (κ2) is 9.35. The first-order chi connectivity index (χ1) is 14.1. The second-order valence-corrected chi connectivity index (χ2v) is 6.42. The molecule has 0 heterocycles. The fraction of sp³-hybridized carbons (Fsp3) is 0.120. The van der Waals surface area contributed by atoms with Crippen molar-refractivity contribution in [2.75, 3.05) is 0 Å². The lowest BCUT2D eigenvalue weighted by Gasteiger charge is -2.05. The first-order valence-corrected chi connectivity index (χ1v) is 9.22. The van der Waals surface area contributed by atoms with Crippen molar-refractivity contribution in [3.8, 4) is 23.7 Å². The van der Waals surface area contributed by atoms with E-state index in [0.29, 0.717) is 5.56 Å². The molecule has 0 N–H and O–H groups in total. The highest BCUT2D eigenvalue weighted by Crippen LogP contribution is 2.17. The van der Waals surface area contributed by atoms with E-state index in [4.69, 9.17) is 10.00 Å². The first kappa shape index (κ1) is 19.9. The number of ether oxygens (including phenoxy) is 1. The molecule has 0 amide bonds. The van der Waals surface area contributed by atoms with E-state index >= 15 is 0 Å². The molecule has 0 aliphatic rings. The van der Waals surface area contributed by atoms with E-state index in [9.17, 15) is 9.18 Å². The highest BCUT2D eigenvalue weighted by molar-refractivity contribution is 5.91. The van der Waals surface area contributed by atoms with Crippen LogP contribution in [-0.2, 0) is 6.42 Å². The average molecular weight is 383 g/mol. The summed E-state index contributed by atoms with van der Waals surface area (Å²) in [6, 6.07) is 20.2. The van der Waals surface area contributed by atoms with Crippen LogP contribution < -0.4 is 4.74 Å². The molecular weight excluding hydrogens is 365 g/mol. The smallest absolute Gasteiger partial charge is 0.343 e. The molecule has 0 spiro atoms. The van der Waals surface area contributed by atoms with Gasteiger partial charge in [-0.3, -0.25) is 0 Å². The number of hydrogen-bond donors (Lipinski definition) is 0. The van der Waals surface area contributed by atoms with Gasteiger partial charge in [-0.1, -0.05) is 37.3 Å². The summed E-state index contributed by atoms with van der Waals surface area (Å²) in [6.45, 7) is 2.15. The van der Waals surface area contributed by atoms with Crippen molar-refractivity contribution in [1.29, 1.82) is 5.26 Å². The summed E-state index contributed by atoms with van der Waals surface area (Å²) in [6.07, 6.45) is 2.17. The number of rotatable bonds is 4. The average Bonchev–Trinajstić information content (AvgIpc) is 2.74. The van der Waals surface area contributed by atoms with Crippen LogP contribution in [0.1, 0.15) is 46.0 Å². The van der Waals surface area contributed by atoms with Gasteiger partial charge in [0.1, 0.15) is 17.6 Å². The van der Waals surface area contributed by atoms with Gasteiger partial charge < -0.3 is 4.74 Å². The molecule has 0 saturated carbocycles. The predicted molar refractivity (Wildman–Crippen MR) is 109 cm³/mol. The van der Waals surface area contributed by atoms with Crippen LogP contribution >= 0.6 is 0 Å². The van der Waals surface area contributed by atoms with E-state index in [0.717, 1.165) is 30.0 Å². The standard InChI is InChI=1S/C25H18FNO2/c1-2-3-18-4-6-19(7-5-18)8-9-20-10-12-21(13-11-20)25(28)29-23-15-14-22(17-27)24(26)16-23/h4-7,10-16H,2-3H2,1H3. The van der Waals surface area contributed by atoms with Crippen molar-refractivity contribution >= 4 is 5.97 Å². The summed E-state index contributed by atoms with van der Waals surface area (Å²) >= 11 is 0. The number of aryl methyl sites for hydroxylation is 1. The Labute approximate surface area is 169 Å². The molecule has 0 bridgehead atoms. The van der Waals surface area contributed by atoms with Crippen LogP contribution in [0.3, 0.4) is 0 Å². The Morgan fingerprint density at radius 2 is 1.59 bits per heavy atom. The lowest BCUT2D eigenvalue weighted by Crippen LogP contribution is -2.08. The van der Waals surface area contributed by atoms with Gasteiger partial charge in [0.2, 0.25) is 0 Å². The molecule has 3 aromatic carbocycles. The van der Waals surface area contributed by atoms with Gasteiger partial charge in [0, 0.05) is 17.2 Å². The summed E-state index contributed by atoms with van der Waals surface area (Å²) in [7, 11) is 0. The molecule has 0 aromatic heterocycles.